The van der Waals surface area contributed by atoms with Gasteiger partial charge in [0.25, 0.3) is 0 Å². The van der Waals surface area contributed by atoms with Crippen molar-refractivity contribution >= 4 is 23.4 Å². The molecule has 0 aliphatic carbocycles. The highest BCUT2D eigenvalue weighted by Gasteiger charge is 2.25. The Balaban J connectivity index is 2.18. The molecule has 0 saturated carbocycles. The molecule has 16 heavy (non-hydrogen) atoms. The van der Waals surface area contributed by atoms with Gasteiger partial charge in [-0.05, 0) is 48.4 Å². The van der Waals surface area contributed by atoms with E-state index in [0.717, 1.165) is 5.02 Å². The maximum Gasteiger partial charge on any atom is 0.0441 e. The summed E-state index contributed by atoms with van der Waals surface area (Å²) in [4.78, 5) is 0. The van der Waals surface area contributed by atoms with Crippen LogP contribution in [0, 0.1) is 5.92 Å². The van der Waals surface area contributed by atoms with Crippen LogP contribution in [0.1, 0.15) is 24.3 Å². The van der Waals surface area contributed by atoms with E-state index in [2.05, 4.69) is 12.1 Å². The van der Waals surface area contributed by atoms with E-state index in [9.17, 15) is 0 Å². The SMILES string of the molecule is NCC(c1ccccc1Cl)C1CCCSC1. The van der Waals surface area contributed by atoms with E-state index < -0.39 is 0 Å². The van der Waals surface area contributed by atoms with Crippen molar-refractivity contribution in [3.05, 3.63) is 34.9 Å². The zero-order chi connectivity index (χ0) is 11.4. The van der Waals surface area contributed by atoms with Crippen molar-refractivity contribution in [3.63, 3.8) is 0 Å². The fraction of sp³-hybridized carbons (Fsp3) is 0.538. The molecule has 1 aliphatic rings. The molecule has 0 amide bonds. The van der Waals surface area contributed by atoms with Gasteiger partial charge in [-0.15, -0.1) is 0 Å². The van der Waals surface area contributed by atoms with Crippen molar-refractivity contribution in [2.45, 2.75) is 18.8 Å². The summed E-state index contributed by atoms with van der Waals surface area (Å²) in [5, 5.41) is 0.869. The summed E-state index contributed by atoms with van der Waals surface area (Å²) in [7, 11) is 0. The monoisotopic (exact) mass is 255 g/mol. The average molecular weight is 256 g/mol. The van der Waals surface area contributed by atoms with Gasteiger partial charge in [0.2, 0.25) is 0 Å². The van der Waals surface area contributed by atoms with Crippen LogP contribution < -0.4 is 5.73 Å². The molecule has 0 radical (unpaired) electrons. The Morgan fingerprint density at radius 3 is 2.88 bits per heavy atom. The molecule has 3 heteroatoms. The third-order valence-electron chi connectivity index (χ3n) is 3.32. The number of nitrogens with two attached hydrogens (primary N) is 1. The van der Waals surface area contributed by atoms with E-state index in [4.69, 9.17) is 17.3 Å². The number of thioether (sulfide) groups is 1. The van der Waals surface area contributed by atoms with E-state index in [1.807, 2.05) is 23.9 Å². The first-order valence-electron chi connectivity index (χ1n) is 5.85. The van der Waals surface area contributed by atoms with E-state index in [-0.39, 0.29) is 0 Å². The smallest absolute Gasteiger partial charge is 0.0441 e. The van der Waals surface area contributed by atoms with Crippen molar-refractivity contribution in [1.82, 2.24) is 0 Å². The summed E-state index contributed by atoms with van der Waals surface area (Å²) in [6.45, 7) is 0.703. The molecule has 1 fully saturated rings. The molecule has 1 saturated heterocycles. The number of hydrogen-bond donors (Lipinski definition) is 1. The Hall–Kier alpha value is -0.180. The van der Waals surface area contributed by atoms with Gasteiger partial charge in [-0.2, -0.15) is 11.8 Å². The molecular formula is C13H18ClNS. The van der Waals surface area contributed by atoms with Gasteiger partial charge in [0.15, 0.2) is 0 Å². The Labute approximate surface area is 107 Å². The largest absolute Gasteiger partial charge is 0.330 e. The van der Waals surface area contributed by atoms with E-state index in [1.165, 1.54) is 29.9 Å². The molecular weight excluding hydrogens is 238 g/mol. The summed E-state index contributed by atoms with van der Waals surface area (Å²) >= 11 is 8.30. The van der Waals surface area contributed by atoms with Crippen molar-refractivity contribution in [2.75, 3.05) is 18.1 Å². The van der Waals surface area contributed by atoms with Gasteiger partial charge >= 0.3 is 0 Å². The summed E-state index contributed by atoms with van der Waals surface area (Å²) in [5.74, 6) is 3.66. The van der Waals surface area contributed by atoms with Gasteiger partial charge in [-0.25, -0.2) is 0 Å². The quantitative estimate of drug-likeness (QED) is 0.894. The topological polar surface area (TPSA) is 26.0 Å². The van der Waals surface area contributed by atoms with Crippen LogP contribution in [0.25, 0.3) is 0 Å². The minimum atomic E-state index is 0.432. The zero-order valence-corrected chi connectivity index (χ0v) is 10.9. The summed E-state index contributed by atoms with van der Waals surface area (Å²) in [6, 6.07) is 8.13. The summed E-state index contributed by atoms with van der Waals surface area (Å²) in [5.41, 5.74) is 7.17. The van der Waals surface area contributed by atoms with E-state index >= 15 is 0 Å². The lowest BCUT2D eigenvalue weighted by Gasteiger charge is -2.30. The average Bonchev–Trinajstić information content (AvgIpc) is 2.34. The van der Waals surface area contributed by atoms with Crippen LogP contribution in [0.3, 0.4) is 0 Å². The van der Waals surface area contributed by atoms with Gasteiger partial charge in [0.1, 0.15) is 0 Å². The highest BCUT2D eigenvalue weighted by atomic mass is 35.5. The van der Waals surface area contributed by atoms with Crippen molar-refractivity contribution < 1.29 is 0 Å². The first kappa shape index (κ1) is 12.3. The number of halogens is 1. The lowest BCUT2D eigenvalue weighted by molar-refractivity contribution is 0.430. The predicted octanol–water partition coefficient (Wildman–Crippen LogP) is 3.53. The molecule has 1 aromatic carbocycles. The normalized spacial score (nSPS) is 23.0. The molecule has 0 bridgehead atoms. The molecule has 0 spiro atoms. The molecule has 2 rings (SSSR count). The van der Waals surface area contributed by atoms with Gasteiger partial charge in [0.05, 0.1) is 0 Å². The standard InChI is InChI=1S/C13H18ClNS/c14-13-6-2-1-5-11(13)12(8-15)10-4-3-7-16-9-10/h1-2,5-6,10,12H,3-4,7-9,15H2. The summed E-state index contributed by atoms with van der Waals surface area (Å²) < 4.78 is 0. The molecule has 1 nitrogen and oxygen atoms in total. The molecule has 2 unspecified atom stereocenters. The Kier molecular flexibility index (Phi) is 4.56. The molecule has 2 atom stereocenters. The van der Waals surface area contributed by atoms with Crippen LogP contribution in [0.2, 0.25) is 5.02 Å². The highest BCUT2D eigenvalue weighted by molar-refractivity contribution is 7.99. The summed E-state index contributed by atoms with van der Waals surface area (Å²) in [6.07, 6.45) is 2.61. The Morgan fingerprint density at radius 2 is 2.25 bits per heavy atom. The van der Waals surface area contributed by atoms with Gasteiger partial charge in [-0.3, -0.25) is 0 Å². The van der Waals surface area contributed by atoms with Gasteiger partial charge < -0.3 is 5.73 Å². The van der Waals surface area contributed by atoms with Crippen LogP contribution in [-0.2, 0) is 0 Å². The van der Waals surface area contributed by atoms with Gasteiger partial charge in [0, 0.05) is 10.9 Å². The van der Waals surface area contributed by atoms with Crippen LogP contribution >= 0.6 is 23.4 Å². The van der Waals surface area contributed by atoms with E-state index in [1.54, 1.807) is 0 Å². The van der Waals surface area contributed by atoms with Crippen LogP contribution in [0.5, 0.6) is 0 Å². The van der Waals surface area contributed by atoms with E-state index in [0.29, 0.717) is 18.4 Å². The maximum absolute atomic E-state index is 6.25. The van der Waals surface area contributed by atoms with Crippen molar-refractivity contribution in [3.8, 4) is 0 Å². The van der Waals surface area contributed by atoms with Crippen molar-refractivity contribution in [1.29, 1.82) is 0 Å². The number of hydrogen-bond acceptors (Lipinski definition) is 2. The number of benzene rings is 1. The van der Waals surface area contributed by atoms with Crippen LogP contribution in [0.4, 0.5) is 0 Å². The molecule has 0 aromatic heterocycles. The molecule has 2 N–H and O–H groups in total. The first-order valence-corrected chi connectivity index (χ1v) is 7.38. The third kappa shape index (κ3) is 2.73. The Bertz CT molecular complexity index is 336. The lowest BCUT2D eigenvalue weighted by Crippen LogP contribution is -2.25. The zero-order valence-electron chi connectivity index (χ0n) is 9.36. The molecule has 1 aromatic rings. The highest BCUT2D eigenvalue weighted by Crippen LogP contribution is 2.36. The van der Waals surface area contributed by atoms with Gasteiger partial charge in [-0.1, -0.05) is 29.8 Å². The second kappa shape index (κ2) is 5.95. The molecule has 1 heterocycles. The maximum atomic E-state index is 6.25. The molecule has 1 aliphatic heterocycles. The fourth-order valence-electron chi connectivity index (χ4n) is 2.43. The second-order valence-corrected chi connectivity index (χ2v) is 5.90. The van der Waals surface area contributed by atoms with Crippen LogP contribution in [0.15, 0.2) is 24.3 Å². The second-order valence-electron chi connectivity index (χ2n) is 4.34. The fourth-order valence-corrected chi connectivity index (χ4v) is 3.95. The minimum Gasteiger partial charge on any atom is -0.330 e. The third-order valence-corrected chi connectivity index (χ3v) is 4.91. The first-order chi connectivity index (χ1) is 7.83. The minimum absolute atomic E-state index is 0.432. The van der Waals surface area contributed by atoms with Crippen LogP contribution in [-0.4, -0.2) is 18.1 Å². The Morgan fingerprint density at radius 1 is 1.44 bits per heavy atom. The lowest BCUT2D eigenvalue weighted by atomic mass is 9.84. The number of rotatable bonds is 3. The predicted molar refractivity (Wildman–Crippen MR) is 73.3 cm³/mol. The molecule has 88 valence electrons. The van der Waals surface area contributed by atoms with Crippen molar-refractivity contribution in [2.24, 2.45) is 11.7 Å².